The quantitative estimate of drug-likeness (QED) is 0.773. The molecule has 0 aliphatic heterocycles. The van der Waals surface area contributed by atoms with Gasteiger partial charge in [0.2, 0.25) is 0 Å². The van der Waals surface area contributed by atoms with Gasteiger partial charge in [-0.3, -0.25) is 0 Å². The van der Waals surface area contributed by atoms with Crippen molar-refractivity contribution in [1.29, 1.82) is 0 Å². The van der Waals surface area contributed by atoms with Gasteiger partial charge in [-0.2, -0.15) is 0 Å². The first-order chi connectivity index (χ1) is 9.28. The van der Waals surface area contributed by atoms with E-state index in [1.54, 1.807) is 11.9 Å². The summed E-state index contributed by atoms with van der Waals surface area (Å²) in [6.45, 7) is 8.80. The van der Waals surface area contributed by atoms with Crippen molar-refractivity contribution in [3.05, 3.63) is 29.8 Å². The molecular weight excluding hydrogens is 254 g/mol. The minimum atomic E-state index is -0.455. The Kier molecular flexibility index (Phi) is 5.86. The molecule has 112 valence electrons. The van der Waals surface area contributed by atoms with E-state index in [1.165, 1.54) is 5.56 Å². The van der Waals surface area contributed by atoms with Crippen LogP contribution >= 0.6 is 0 Å². The molecule has 0 saturated carbocycles. The van der Waals surface area contributed by atoms with Crippen LogP contribution in [0.25, 0.3) is 0 Å². The van der Waals surface area contributed by atoms with Gasteiger partial charge in [-0.15, -0.1) is 0 Å². The second-order valence-corrected chi connectivity index (χ2v) is 5.92. The summed E-state index contributed by atoms with van der Waals surface area (Å²) >= 11 is 0. The summed E-state index contributed by atoms with van der Waals surface area (Å²) in [5.41, 5.74) is 0.719. The lowest BCUT2D eigenvalue weighted by Crippen LogP contribution is -2.35. The standard InChI is InChI=1S/C16H25NO3/c1-13-8-6-9-14(12-13)19-11-7-10-17(5)15(18)20-16(2,3)4/h6,8-9,12H,7,10-11H2,1-5H3. The smallest absolute Gasteiger partial charge is 0.410 e. The number of hydrogen-bond donors (Lipinski definition) is 0. The fourth-order valence-electron chi connectivity index (χ4n) is 1.63. The van der Waals surface area contributed by atoms with Gasteiger partial charge >= 0.3 is 6.09 Å². The van der Waals surface area contributed by atoms with Crippen LogP contribution in [0.1, 0.15) is 32.8 Å². The number of carbonyl (C=O) groups excluding carboxylic acids is 1. The molecule has 0 bridgehead atoms. The SMILES string of the molecule is Cc1cccc(OCCCN(C)C(=O)OC(C)(C)C)c1. The molecule has 1 rings (SSSR count). The lowest BCUT2D eigenvalue weighted by atomic mass is 10.2. The van der Waals surface area contributed by atoms with Crippen molar-refractivity contribution in [3.8, 4) is 5.75 Å². The van der Waals surface area contributed by atoms with Gasteiger partial charge in [0, 0.05) is 13.6 Å². The molecule has 0 fully saturated rings. The van der Waals surface area contributed by atoms with E-state index >= 15 is 0 Å². The molecule has 1 aromatic rings. The molecule has 1 aromatic carbocycles. The maximum Gasteiger partial charge on any atom is 0.410 e. The molecule has 0 atom stereocenters. The number of amides is 1. The van der Waals surface area contributed by atoms with Gasteiger partial charge in [-0.25, -0.2) is 4.79 Å². The summed E-state index contributed by atoms with van der Waals surface area (Å²) < 4.78 is 10.9. The van der Waals surface area contributed by atoms with Crippen molar-refractivity contribution in [2.75, 3.05) is 20.2 Å². The number of benzene rings is 1. The van der Waals surface area contributed by atoms with Crippen molar-refractivity contribution in [2.45, 2.75) is 39.7 Å². The van der Waals surface area contributed by atoms with Gasteiger partial charge in [0.25, 0.3) is 0 Å². The van der Waals surface area contributed by atoms with Gasteiger partial charge in [0.1, 0.15) is 11.4 Å². The van der Waals surface area contributed by atoms with Crippen molar-refractivity contribution in [2.24, 2.45) is 0 Å². The van der Waals surface area contributed by atoms with Crippen LogP contribution in [0.5, 0.6) is 5.75 Å². The Labute approximate surface area is 121 Å². The van der Waals surface area contributed by atoms with Crippen molar-refractivity contribution >= 4 is 6.09 Å². The van der Waals surface area contributed by atoms with E-state index in [-0.39, 0.29) is 6.09 Å². The minimum absolute atomic E-state index is 0.298. The van der Waals surface area contributed by atoms with Crippen molar-refractivity contribution in [1.82, 2.24) is 4.90 Å². The summed E-state index contributed by atoms with van der Waals surface area (Å²) in [6.07, 6.45) is 0.469. The summed E-state index contributed by atoms with van der Waals surface area (Å²) in [6, 6.07) is 7.93. The fraction of sp³-hybridized carbons (Fsp3) is 0.562. The summed E-state index contributed by atoms with van der Waals surface area (Å²) in [5, 5.41) is 0. The normalized spacial score (nSPS) is 11.1. The second kappa shape index (κ2) is 7.17. The Bertz CT molecular complexity index is 438. The maximum atomic E-state index is 11.7. The molecular formula is C16H25NO3. The zero-order chi connectivity index (χ0) is 15.2. The third-order valence-electron chi connectivity index (χ3n) is 2.60. The Hall–Kier alpha value is -1.71. The number of nitrogens with zero attached hydrogens (tertiary/aromatic N) is 1. The molecule has 0 unspecified atom stereocenters. The zero-order valence-electron chi connectivity index (χ0n) is 13.1. The maximum absolute atomic E-state index is 11.7. The summed E-state index contributed by atoms with van der Waals surface area (Å²) in [5.74, 6) is 0.866. The molecule has 0 spiro atoms. The molecule has 0 radical (unpaired) electrons. The highest BCUT2D eigenvalue weighted by atomic mass is 16.6. The number of carbonyl (C=O) groups is 1. The molecule has 4 nitrogen and oxygen atoms in total. The van der Waals surface area contributed by atoms with E-state index in [0.717, 1.165) is 12.2 Å². The molecule has 0 N–H and O–H groups in total. The molecule has 1 amide bonds. The van der Waals surface area contributed by atoms with Gasteiger partial charge in [-0.1, -0.05) is 12.1 Å². The van der Waals surface area contributed by atoms with Crippen LogP contribution < -0.4 is 4.74 Å². The Morgan fingerprint density at radius 1 is 1.30 bits per heavy atom. The minimum Gasteiger partial charge on any atom is -0.494 e. The zero-order valence-corrected chi connectivity index (χ0v) is 13.1. The lowest BCUT2D eigenvalue weighted by Gasteiger charge is -2.24. The highest BCUT2D eigenvalue weighted by Gasteiger charge is 2.19. The van der Waals surface area contributed by atoms with Crippen LogP contribution in [0, 0.1) is 6.92 Å². The lowest BCUT2D eigenvalue weighted by molar-refractivity contribution is 0.0292. The topological polar surface area (TPSA) is 38.8 Å². The Morgan fingerprint density at radius 2 is 2.00 bits per heavy atom. The predicted molar refractivity (Wildman–Crippen MR) is 80.2 cm³/mol. The highest BCUT2D eigenvalue weighted by molar-refractivity contribution is 5.67. The molecule has 0 aromatic heterocycles. The molecule has 0 saturated heterocycles. The number of rotatable bonds is 5. The molecule has 4 heteroatoms. The van der Waals surface area contributed by atoms with Gasteiger partial charge < -0.3 is 14.4 Å². The van der Waals surface area contributed by atoms with E-state index in [4.69, 9.17) is 9.47 Å². The van der Waals surface area contributed by atoms with E-state index in [9.17, 15) is 4.79 Å². The van der Waals surface area contributed by atoms with E-state index in [0.29, 0.717) is 13.2 Å². The van der Waals surface area contributed by atoms with Crippen molar-refractivity contribution < 1.29 is 14.3 Å². The molecule has 20 heavy (non-hydrogen) atoms. The monoisotopic (exact) mass is 279 g/mol. The van der Waals surface area contributed by atoms with Crippen LogP contribution in [-0.2, 0) is 4.74 Å². The molecule has 0 aliphatic rings. The largest absolute Gasteiger partial charge is 0.494 e. The van der Waals surface area contributed by atoms with Gasteiger partial charge in [-0.05, 0) is 51.8 Å². The van der Waals surface area contributed by atoms with Gasteiger partial charge in [0.15, 0.2) is 0 Å². The highest BCUT2D eigenvalue weighted by Crippen LogP contribution is 2.13. The predicted octanol–water partition coefficient (Wildman–Crippen LogP) is 3.63. The van der Waals surface area contributed by atoms with Crippen LogP contribution in [0.3, 0.4) is 0 Å². The van der Waals surface area contributed by atoms with Gasteiger partial charge in [0.05, 0.1) is 6.61 Å². The van der Waals surface area contributed by atoms with Crippen molar-refractivity contribution in [3.63, 3.8) is 0 Å². The average molecular weight is 279 g/mol. The average Bonchev–Trinajstić information content (AvgIpc) is 2.32. The summed E-state index contributed by atoms with van der Waals surface area (Å²) in [4.78, 5) is 13.3. The first kappa shape index (κ1) is 16.3. The fourth-order valence-corrected chi connectivity index (χ4v) is 1.63. The van der Waals surface area contributed by atoms with E-state index in [2.05, 4.69) is 0 Å². The third kappa shape index (κ3) is 6.45. The van der Waals surface area contributed by atoms with Crippen LogP contribution in [0.4, 0.5) is 4.79 Å². The molecule has 0 aliphatic carbocycles. The first-order valence-corrected chi connectivity index (χ1v) is 6.91. The number of hydrogen-bond acceptors (Lipinski definition) is 3. The third-order valence-corrected chi connectivity index (χ3v) is 2.60. The Balaban J connectivity index is 2.25. The van der Waals surface area contributed by atoms with E-state index < -0.39 is 5.60 Å². The van der Waals surface area contributed by atoms with Crippen LogP contribution in [-0.4, -0.2) is 36.8 Å². The van der Waals surface area contributed by atoms with Crippen LogP contribution in [0.15, 0.2) is 24.3 Å². The summed E-state index contributed by atoms with van der Waals surface area (Å²) in [7, 11) is 1.74. The van der Waals surface area contributed by atoms with E-state index in [1.807, 2.05) is 52.0 Å². The Morgan fingerprint density at radius 3 is 2.60 bits per heavy atom. The number of aryl methyl sites for hydroxylation is 1. The number of ether oxygens (including phenoxy) is 2. The second-order valence-electron chi connectivity index (χ2n) is 5.92. The van der Waals surface area contributed by atoms with Crippen LogP contribution in [0.2, 0.25) is 0 Å². The first-order valence-electron chi connectivity index (χ1n) is 6.91. The molecule has 0 heterocycles.